The molecule has 0 saturated heterocycles. The predicted molar refractivity (Wildman–Crippen MR) is 70.8 cm³/mol. The Morgan fingerprint density at radius 1 is 1.45 bits per heavy atom. The summed E-state index contributed by atoms with van der Waals surface area (Å²) < 4.78 is 41.4. The summed E-state index contributed by atoms with van der Waals surface area (Å²) in [6, 6.07) is 2.40. The Morgan fingerprint density at radius 2 is 2.20 bits per heavy atom. The number of nitrogens with zero attached hydrogens (tertiary/aromatic N) is 3. The molecule has 0 aromatic carbocycles. The molecule has 0 radical (unpaired) electrons. The molecule has 0 atom stereocenters. The van der Waals surface area contributed by atoms with E-state index in [0.717, 1.165) is 17.3 Å². The van der Waals surface area contributed by atoms with E-state index in [1.54, 1.807) is 17.9 Å². The van der Waals surface area contributed by atoms with Crippen molar-refractivity contribution in [2.75, 3.05) is 0 Å². The largest absolute Gasteiger partial charge is 0.275 e. The second-order valence-corrected chi connectivity index (χ2v) is 5.93. The molecule has 0 aliphatic rings. The van der Waals surface area contributed by atoms with Gasteiger partial charge >= 0.3 is 0 Å². The monoisotopic (exact) mass is 298 g/mol. The van der Waals surface area contributed by atoms with Crippen LogP contribution in [0.5, 0.6) is 0 Å². The van der Waals surface area contributed by atoms with Gasteiger partial charge in [-0.1, -0.05) is 6.92 Å². The number of rotatable bonds is 5. The molecule has 0 saturated carbocycles. The minimum Gasteiger partial charge on any atom is -0.275 e. The van der Waals surface area contributed by atoms with Gasteiger partial charge in [0.25, 0.3) is 10.0 Å². The lowest BCUT2D eigenvalue weighted by molar-refractivity contribution is 0.544. The molecule has 2 aromatic heterocycles. The molecule has 2 aromatic rings. The van der Waals surface area contributed by atoms with Crippen molar-refractivity contribution in [3.05, 3.63) is 41.6 Å². The molecule has 0 bridgehead atoms. The van der Waals surface area contributed by atoms with Gasteiger partial charge in [0.1, 0.15) is 0 Å². The van der Waals surface area contributed by atoms with E-state index in [0.29, 0.717) is 6.42 Å². The number of sulfonamides is 1. The number of aromatic nitrogens is 3. The standard InChI is InChI=1S/C12H15FN4O2S/c1-3-11-9(8-17(2)16-11)7-15-20(18,19)12-10(13)5-4-6-14-12/h4-6,8,15H,3,7H2,1-2H3. The fraction of sp³-hybridized carbons (Fsp3) is 0.333. The van der Waals surface area contributed by atoms with Gasteiger partial charge in [-0.05, 0) is 18.6 Å². The first-order valence-corrected chi connectivity index (χ1v) is 7.54. The number of aryl methyl sites for hydroxylation is 2. The summed E-state index contributed by atoms with van der Waals surface area (Å²) in [7, 11) is -2.22. The molecule has 0 spiro atoms. The SMILES string of the molecule is CCc1nn(C)cc1CNS(=O)(=O)c1ncccc1F. The Balaban J connectivity index is 2.20. The van der Waals surface area contributed by atoms with Gasteiger partial charge in [0.05, 0.1) is 5.69 Å². The Hall–Kier alpha value is -1.80. The molecule has 0 aliphatic carbocycles. The van der Waals surface area contributed by atoms with Crippen LogP contribution in [0.25, 0.3) is 0 Å². The van der Waals surface area contributed by atoms with Gasteiger partial charge in [-0.2, -0.15) is 5.10 Å². The van der Waals surface area contributed by atoms with Crippen LogP contribution in [-0.2, 0) is 30.0 Å². The van der Waals surface area contributed by atoms with Crippen molar-refractivity contribution in [2.24, 2.45) is 7.05 Å². The van der Waals surface area contributed by atoms with Crippen LogP contribution in [0, 0.1) is 5.82 Å². The van der Waals surface area contributed by atoms with E-state index in [1.807, 2.05) is 6.92 Å². The van der Waals surface area contributed by atoms with Crippen LogP contribution in [0.2, 0.25) is 0 Å². The summed E-state index contributed by atoms with van der Waals surface area (Å²) >= 11 is 0. The molecular weight excluding hydrogens is 283 g/mol. The van der Waals surface area contributed by atoms with Crippen LogP contribution in [-0.4, -0.2) is 23.2 Å². The normalized spacial score (nSPS) is 11.8. The third-order valence-electron chi connectivity index (χ3n) is 2.76. The van der Waals surface area contributed by atoms with Crippen LogP contribution in [0.15, 0.2) is 29.6 Å². The fourth-order valence-corrected chi connectivity index (χ4v) is 2.85. The number of nitrogens with one attached hydrogen (secondary N) is 1. The summed E-state index contributed by atoms with van der Waals surface area (Å²) in [5, 5.41) is 3.62. The van der Waals surface area contributed by atoms with E-state index in [2.05, 4.69) is 14.8 Å². The first-order chi connectivity index (χ1) is 9.44. The van der Waals surface area contributed by atoms with Gasteiger partial charge in [0, 0.05) is 31.5 Å². The van der Waals surface area contributed by atoms with Crippen LogP contribution in [0.3, 0.4) is 0 Å². The Morgan fingerprint density at radius 3 is 2.85 bits per heavy atom. The zero-order valence-corrected chi connectivity index (χ0v) is 12.0. The van der Waals surface area contributed by atoms with E-state index in [-0.39, 0.29) is 6.54 Å². The van der Waals surface area contributed by atoms with Crippen molar-refractivity contribution < 1.29 is 12.8 Å². The first kappa shape index (κ1) is 14.6. The molecule has 6 nitrogen and oxygen atoms in total. The average Bonchev–Trinajstić information content (AvgIpc) is 2.77. The molecule has 0 unspecified atom stereocenters. The van der Waals surface area contributed by atoms with Crippen LogP contribution in [0.4, 0.5) is 4.39 Å². The molecular formula is C12H15FN4O2S. The topological polar surface area (TPSA) is 76.9 Å². The first-order valence-electron chi connectivity index (χ1n) is 6.05. The maximum Gasteiger partial charge on any atom is 0.261 e. The van der Waals surface area contributed by atoms with Gasteiger partial charge in [-0.15, -0.1) is 0 Å². The molecule has 1 N–H and O–H groups in total. The van der Waals surface area contributed by atoms with Crippen LogP contribution >= 0.6 is 0 Å². The highest BCUT2D eigenvalue weighted by atomic mass is 32.2. The summed E-state index contributed by atoms with van der Waals surface area (Å²) in [5.41, 5.74) is 1.56. The number of halogens is 1. The summed E-state index contributed by atoms with van der Waals surface area (Å²) in [6.45, 7) is 1.98. The Bertz CT molecular complexity index is 712. The second-order valence-electron chi connectivity index (χ2n) is 4.24. The Labute approximate surface area is 116 Å². The third kappa shape index (κ3) is 3.02. The van der Waals surface area contributed by atoms with E-state index in [9.17, 15) is 12.8 Å². The Kier molecular flexibility index (Phi) is 4.15. The highest BCUT2D eigenvalue weighted by molar-refractivity contribution is 7.89. The van der Waals surface area contributed by atoms with Crippen molar-refractivity contribution in [1.82, 2.24) is 19.5 Å². The lowest BCUT2D eigenvalue weighted by Crippen LogP contribution is -2.25. The maximum absolute atomic E-state index is 13.5. The van der Waals surface area contributed by atoms with Crippen molar-refractivity contribution in [3.63, 3.8) is 0 Å². The summed E-state index contributed by atoms with van der Waals surface area (Å²) in [5.74, 6) is -0.873. The fourth-order valence-electron chi connectivity index (χ4n) is 1.84. The molecule has 0 amide bonds. The second kappa shape index (κ2) is 5.68. The van der Waals surface area contributed by atoms with Crippen LogP contribution < -0.4 is 4.72 Å². The zero-order chi connectivity index (χ0) is 14.8. The van der Waals surface area contributed by atoms with E-state index in [4.69, 9.17) is 0 Å². The number of hydrogen-bond donors (Lipinski definition) is 1. The van der Waals surface area contributed by atoms with Crippen molar-refractivity contribution in [3.8, 4) is 0 Å². The van der Waals surface area contributed by atoms with Gasteiger partial charge in [0.15, 0.2) is 5.82 Å². The molecule has 8 heteroatoms. The minimum atomic E-state index is -3.98. The van der Waals surface area contributed by atoms with Gasteiger partial charge in [0.2, 0.25) is 5.03 Å². The average molecular weight is 298 g/mol. The predicted octanol–water partition coefficient (Wildman–Crippen LogP) is 0.995. The van der Waals surface area contributed by atoms with Crippen molar-refractivity contribution in [1.29, 1.82) is 0 Å². The lowest BCUT2D eigenvalue weighted by atomic mass is 10.2. The van der Waals surface area contributed by atoms with E-state index < -0.39 is 20.9 Å². The summed E-state index contributed by atoms with van der Waals surface area (Å²) in [4.78, 5) is 3.56. The quantitative estimate of drug-likeness (QED) is 0.893. The van der Waals surface area contributed by atoms with Crippen molar-refractivity contribution in [2.45, 2.75) is 24.9 Å². The molecule has 108 valence electrons. The third-order valence-corrected chi connectivity index (χ3v) is 4.09. The molecule has 0 fully saturated rings. The molecule has 0 aliphatic heterocycles. The highest BCUT2D eigenvalue weighted by Crippen LogP contribution is 2.12. The minimum absolute atomic E-state index is 0.0510. The molecule has 2 heterocycles. The number of hydrogen-bond acceptors (Lipinski definition) is 4. The van der Waals surface area contributed by atoms with Crippen molar-refractivity contribution >= 4 is 10.0 Å². The van der Waals surface area contributed by atoms with Gasteiger partial charge < -0.3 is 0 Å². The summed E-state index contributed by atoms with van der Waals surface area (Å²) in [6.07, 6.45) is 3.66. The van der Waals surface area contributed by atoms with E-state index in [1.165, 1.54) is 12.3 Å². The maximum atomic E-state index is 13.5. The highest BCUT2D eigenvalue weighted by Gasteiger charge is 2.20. The van der Waals surface area contributed by atoms with Gasteiger partial charge in [-0.3, -0.25) is 4.68 Å². The van der Waals surface area contributed by atoms with Gasteiger partial charge in [-0.25, -0.2) is 22.5 Å². The lowest BCUT2D eigenvalue weighted by Gasteiger charge is -2.06. The van der Waals surface area contributed by atoms with E-state index >= 15 is 0 Å². The zero-order valence-electron chi connectivity index (χ0n) is 11.2. The molecule has 20 heavy (non-hydrogen) atoms. The molecule has 2 rings (SSSR count). The number of pyridine rings is 1. The van der Waals surface area contributed by atoms with Crippen LogP contribution in [0.1, 0.15) is 18.2 Å². The smallest absolute Gasteiger partial charge is 0.261 e.